The summed E-state index contributed by atoms with van der Waals surface area (Å²) in [7, 11) is 1.43. The predicted molar refractivity (Wildman–Crippen MR) is 111 cm³/mol. The number of anilines is 1. The summed E-state index contributed by atoms with van der Waals surface area (Å²) in [5.41, 5.74) is 0.249. The summed E-state index contributed by atoms with van der Waals surface area (Å²) in [6, 6.07) is 6.06. The van der Waals surface area contributed by atoms with Gasteiger partial charge in [-0.25, -0.2) is 4.39 Å². The maximum atomic E-state index is 14.6. The van der Waals surface area contributed by atoms with Gasteiger partial charge in [-0.1, -0.05) is 11.2 Å². The average Bonchev–Trinajstić information content (AvgIpc) is 3.12. The molecule has 2 heterocycles. The van der Waals surface area contributed by atoms with Gasteiger partial charge in [0.2, 0.25) is 5.13 Å². The number of ether oxygens (including phenoxy) is 2. The van der Waals surface area contributed by atoms with Gasteiger partial charge in [0.05, 0.1) is 23.8 Å². The minimum Gasteiger partial charge on any atom is -0.496 e. The highest BCUT2D eigenvalue weighted by atomic mass is 32.1. The molecule has 10 heteroatoms. The molecule has 0 unspecified atom stereocenters. The zero-order valence-electron chi connectivity index (χ0n) is 16.9. The van der Waals surface area contributed by atoms with Crippen molar-refractivity contribution in [2.75, 3.05) is 19.0 Å². The van der Waals surface area contributed by atoms with Crippen LogP contribution in [0.4, 0.5) is 9.52 Å². The van der Waals surface area contributed by atoms with Crippen LogP contribution in [-0.2, 0) is 0 Å². The van der Waals surface area contributed by atoms with Crippen LogP contribution in [0.25, 0.3) is 11.1 Å². The molecule has 0 aliphatic heterocycles. The van der Waals surface area contributed by atoms with Crippen LogP contribution in [0.5, 0.6) is 10.9 Å². The van der Waals surface area contributed by atoms with Crippen LogP contribution < -0.4 is 14.8 Å². The van der Waals surface area contributed by atoms with Gasteiger partial charge in [-0.3, -0.25) is 15.1 Å². The van der Waals surface area contributed by atoms with Gasteiger partial charge in [0.1, 0.15) is 18.2 Å². The molecule has 158 valence electrons. The van der Waals surface area contributed by atoms with Crippen LogP contribution in [0.1, 0.15) is 29.9 Å². The molecule has 30 heavy (non-hydrogen) atoms. The molecule has 0 atom stereocenters. The van der Waals surface area contributed by atoms with Crippen LogP contribution >= 0.6 is 11.3 Å². The first-order valence-corrected chi connectivity index (χ1v) is 9.79. The average molecular weight is 432 g/mol. The normalized spacial score (nSPS) is 11.3. The molecule has 0 radical (unpaired) electrons. The quantitative estimate of drug-likeness (QED) is 0.589. The Bertz CT molecular complexity index is 1070. The maximum Gasteiger partial charge on any atom is 0.295 e. The standard InChI is InChI=1S/C20H21FN4O4S/c1-11-8-12(16-14(21)6-5-7-15(16)28-4)13(9-22-11)17(26)23-18-24-25-19(30-18)29-10-20(2,3)27/h5-9,27H,10H2,1-4H3,(H,23,24,26). The van der Waals surface area contributed by atoms with Gasteiger partial charge < -0.3 is 14.6 Å². The topological polar surface area (TPSA) is 106 Å². The smallest absolute Gasteiger partial charge is 0.295 e. The summed E-state index contributed by atoms with van der Waals surface area (Å²) in [4.78, 5) is 17.1. The van der Waals surface area contributed by atoms with Crippen molar-refractivity contribution >= 4 is 22.4 Å². The van der Waals surface area contributed by atoms with Gasteiger partial charge in [0, 0.05) is 17.5 Å². The van der Waals surface area contributed by atoms with Crippen molar-refractivity contribution in [2.24, 2.45) is 0 Å². The number of benzene rings is 1. The summed E-state index contributed by atoms with van der Waals surface area (Å²) in [6.45, 7) is 4.96. The summed E-state index contributed by atoms with van der Waals surface area (Å²) >= 11 is 1.01. The molecule has 0 bridgehead atoms. The van der Waals surface area contributed by atoms with Crippen LogP contribution in [0.2, 0.25) is 0 Å². The van der Waals surface area contributed by atoms with E-state index in [0.29, 0.717) is 17.0 Å². The lowest BCUT2D eigenvalue weighted by molar-refractivity contribution is 0.0281. The Labute approximate surface area is 176 Å². The van der Waals surface area contributed by atoms with Crippen LogP contribution in [0.15, 0.2) is 30.5 Å². The van der Waals surface area contributed by atoms with Gasteiger partial charge in [0.15, 0.2) is 0 Å². The fourth-order valence-electron chi connectivity index (χ4n) is 2.60. The first-order valence-electron chi connectivity index (χ1n) is 8.97. The lowest BCUT2D eigenvalue weighted by Gasteiger charge is -2.15. The molecule has 0 fully saturated rings. The van der Waals surface area contributed by atoms with E-state index in [1.54, 1.807) is 32.9 Å². The highest BCUT2D eigenvalue weighted by Gasteiger charge is 2.22. The second-order valence-corrected chi connectivity index (χ2v) is 8.06. The molecule has 2 aromatic heterocycles. The molecule has 0 aliphatic rings. The van der Waals surface area contributed by atoms with Gasteiger partial charge in [-0.05, 0) is 50.3 Å². The predicted octanol–water partition coefficient (Wildman–Crippen LogP) is 3.46. The van der Waals surface area contributed by atoms with E-state index in [-0.39, 0.29) is 28.1 Å². The Kier molecular flexibility index (Phi) is 6.28. The Morgan fingerprint density at radius 1 is 1.33 bits per heavy atom. The van der Waals surface area contributed by atoms with Crippen molar-refractivity contribution in [3.8, 4) is 22.1 Å². The van der Waals surface area contributed by atoms with E-state index in [4.69, 9.17) is 9.47 Å². The van der Waals surface area contributed by atoms with E-state index in [0.717, 1.165) is 11.3 Å². The molecule has 8 nitrogen and oxygen atoms in total. The number of rotatable bonds is 7. The molecule has 0 spiro atoms. The fourth-order valence-corrected chi connectivity index (χ4v) is 3.20. The lowest BCUT2D eigenvalue weighted by Crippen LogP contribution is -2.27. The van der Waals surface area contributed by atoms with Crippen LogP contribution in [0, 0.1) is 12.7 Å². The summed E-state index contributed by atoms with van der Waals surface area (Å²) in [5.74, 6) is -0.756. The molecule has 1 aromatic carbocycles. The number of carbonyl (C=O) groups is 1. The number of methoxy groups -OCH3 is 1. The van der Waals surface area contributed by atoms with E-state index in [1.807, 2.05) is 0 Å². The molecule has 1 amide bonds. The third kappa shape index (κ3) is 5.08. The van der Waals surface area contributed by atoms with Crippen molar-refractivity contribution in [1.29, 1.82) is 0 Å². The number of carbonyl (C=O) groups excluding carboxylic acids is 1. The number of hydrogen-bond acceptors (Lipinski definition) is 8. The maximum absolute atomic E-state index is 14.6. The first-order chi connectivity index (χ1) is 14.2. The minimum absolute atomic E-state index is 0.0225. The second kappa shape index (κ2) is 8.72. The number of hydrogen-bond donors (Lipinski definition) is 2. The number of halogens is 1. The number of aromatic nitrogens is 3. The number of amides is 1. The molecular formula is C20H21FN4O4S. The number of pyridine rings is 1. The summed E-state index contributed by atoms with van der Waals surface area (Å²) in [5, 5.41) is 20.4. The third-order valence-corrected chi connectivity index (χ3v) is 4.68. The number of nitrogens with zero attached hydrogens (tertiary/aromatic N) is 3. The van der Waals surface area contributed by atoms with Crippen LogP contribution in [-0.4, -0.2) is 45.5 Å². The molecule has 0 saturated carbocycles. The highest BCUT2D eigenvalue weighted by Crippen LogP contribution is 2.35. The van der Waals surface area contributed by atoms with E-state index >= 15 is 0 Å². The van der Waals surface area contributed by atoms with Crippen molar-refractivity contribution in [3.63, 3.8) is 0 Å². The Hall–Kier alpha value is -3.11. The van der Waals surface area contributed by atoms with Crippen LogP contribution in [0.3, 0.4) is 0 Å². The molecule has 0 saturated heterocycles. The monoisotopic (exact) mass is 432 g/mol. The number of nitrogens with one attached hydrogen (secondary N) is 1. The van der Waals surface area contributed by atoms with Gasteiger partial charge in [0.25, 0.3) is 11.1 Å². The van der Waals surface area contributed by atoms with E-state index in [2.05, 4.69) is 20.5 Å². The number of aryl methyl sites for hydroxylation is 1. The SMILES string of the molecule is COc1cccc(F)c1-c1cc(C)ncc1C(=O)Nc1nnc(OCC(C)(C)O)s1. The van der Waals surface area contributed by atoms with Crippen molar-refractivity contribution in [2.45, 2.75) is 26.4 Å². The summed E-state index contributed by atoms with van der Waals surface area (Å²) in [6.07, 6.45) is 1.37. The zero-order chi connectivity index (χ0) is 21.9. The fraction of sp³-hybridized carbons (Fsp3) is 0.300. The zero-order valence-corrected chi connectivity index (χ0v) is 17.7. The van der Waals surface area contributed by atoms with Crippen molar-refractivity contribution in [1.82, 2.24) is 15.2 Å². The summed E-state index contributed by atoms with van der Waals surface area (Å²) < 4.78 is 25.3. The van der Waals surface area contributed by atoms with E-state index < -0.39 is 17.3 Å². The molecule has 2 N–H and O–H groups in total. The van der Waals surface area contributed by atoms with Gasteiger partial charge in [-0.15, -0.1) is 5.10 Å². The number of aliphatic hydroxyl groups is 1. The van der Waals surface area contributed by atoms with Crippen molar-refractivity contribution < 1.29 is 23.8 Å². The third-order valence-electron chi connectivity index (χ3n) is 3.93. The molecule has 3 aromatic rings. The van der Waals surface area contributed by atoms with E-state index in [9.17, 15) is 14.3 Å². The Morgan fingerprint density at radius 2 is 2.10 bits per heavy atom. The van der Waals surface area contributed by atoms with Crippen molar-refractivity contribution in [3.05, 3.63) is 47.5 Å². The Morgan fingerprint density at radius 3 is 2.80 bits per heavy atom. The second-order valence-electron chi connectivity index (χ2n) is 7.12. The molecular weight excluding hydrogens is 411 g/mol. The Balaban J connectivity index is 1.89. The molecule has 3 rings (SSSR count). The van der Waals surface area contributed by atoms with E-state index in [1.165, 1.54) is 25.4 Å². The van der Waals surface area contributed by atoms with Gasteiger partial charge in [-0.2, -0.15) is 0 Å². The largest absolute Gasteiger partial charge is 0.496 e. The minimum atomic E-state index is -1.03. The first kappa shape index (κ1) is 21.6. The van der Waals surface area contributed by atoms with Gasteiger partial charge >= 0.3 is 0 Å². The lowest BCUT2D eigenvalue weighted by atomic mass is 9.98. The molecule has 0 aliphatic carbocycles. The highest BCUT2D eigenvalue weighted by molar-refractivity contribution is 7.17.